The zero-order chi connectivity index (χ0) is 12.8. The van der Waals surface area contributed by atoms with E-state index in [2.05, 4.69) is 21.2 Å². The molecule has 0 saturated carbocycles. The molecule has 1 heterocycles. The van der Waals surface area contributed by atoms with Gasteiger partial charge in [0.25, 0.3) is 0 Å². The fraction of sp³-hybridized carbons (Fsp3) is 0.455. The molecule has 1 atom stereocenters. The third-order valence-corrected chi connectivity index (χ3v) is 4.02. The first-order chi connectivity index (χ1) is 8.02. The molecule has 17 heavy (non-hydrogen) atoms. The first-order valence-corrected chi connectivity index (χ1v) is 6.95. The summed E-state index contributed by atoms with van der Waals surface area (Å²) < 4.78 is 1.01. The second-order valence-electron chi connectivity index (χ2n) is 3.60. The van der Waals surface area contributed by atoms with Crippen molar-refractivity contribution >= 4 is 39.1 Å². The van der Waals surface area contributed by atoms with Crippen molar-refractivity contribution in [2.45, 2.75) is 32.2 Å². The van der Waals surface area contributed by atoms with E-state index in [0.717, 1.165) is 9.35 Å². The third-order valence-electron chi connectivity index (χ3n) is 2.26. The van der Waals surface area contributed by atoms with Crippen molar-refractivity contribution in [1.29, 1.82) is 0 Å². The highest BCUT2D eigenvalue weighted by atomic mass is 79.9. The molecule has 0 radical (unpaired) electrons. The Hall–Kier alpha value is -0.880. The van der Waals surface area contributed by atoms with Crippen LogP contribution in [0.3, 0.4) is 0 Å². The van der Waals surface area contributed by atoms with Crippen LogP contribution in [0.5, 0.6) is 0 Å². The van der Waals surface area contributed by atoms with Crippen molar-refractivity contribution in [3.8, 4) is 0 Å². The largest absolute Gasteiger partial charge is 0.480 e. The maximum Gasteiger partial charge on any atom is 0.326 e. The van der Waals surface area contributed by atoms with Gasteiger partial charge in [0.1, 0.15) is 6.04 Å². The summed E-state index contributed by atoms with van der Waals surface area (Å²) in [5.74, 6) is -1.21. The van der Waals surface area contributed by atoms with Gasteiger partial charge in [0, 0.05) is 21.2 Å². The van der Waals surface area contributed by atoms with E-state index in [4.69, 9.17) is 5.11 Å². The van der Waals surface area contributed by atoms with Crippen LogP contribution < -0.4 is 5.32 Å². The number of carboxylic acid groups (broad SMARTS) is 1. The molecule has 94 valence electrons. The van der Waals surface area contributed by atoms with Crippen LogP contribution in [0.25, 0.3) is 0 Å². The van der Waals surface area contributed by atoms with E-state index in [0.29, 0.717) is 19.3 Å². The van der Waals surface area contributed by atoms with Crippen LogP contribution in [0.1, 0.15) is 24.6 Å². The second kappa shape index (κ2) is 6.76. The minimum absolute atomic E-state index is 0.219. The number of halogens is 1. The van der Waals surface area contributed by atoms with E-state index in [1.807, 2.05) is 11.4 Å². The van der Waals surface area contributed by atoms with Gasteiger partial charge in [-0.15, -0.1) is 11.3 Å². The summed E-state index contributed by atoms with van der Waals surface area (Å²) in [5, 5.41) is 13.2. The summed E-state index contributed by atoms with van der Waals surface area (Å²) in [7, 11) is 0. The van der Waals surface area contributed by atoms with Crippen LogP contribution in [0.2, 0.25) is 0 Å². The quantitative estimate of drug-likeness (QED) is 0.846. The van der Waals surface area contributed by atoms with Gasteiger partial charge in [-0.25, -0.2) is 4.79 Å². The zero-order valence-corrected chi connectivity index (χ0v) is 11.8. The fourth-order valence-electron chi connectivity index (χ4n) is 1.33. The van der Waals surface area contributed by atoms with Gasteiger partial charge in [0.15, 0.2) is 0 Å². The second-order valence-corrected chi connectivity index (χ2v) is 5.51. The lowest BCUT2D eigenvalue weighted by Crippen LogP contribution is -2.40. The van der Waals surface area contributed by atoms with E-state index >= 15 is 0 Å². The zero-order valence-electron chi connectivity index (χ0n) is 9.40. The van der Waals surface area contributed by atoms with Crippen LogP contribution in [-0.4, -0.2) is 23.0 Å². The van der Waals surface area contributed by atoms with Crippen LogP contribution in [0, 0.1) is 0 Å². The molecule has 0 aliphatic rings. The Labute approximate surface area is 112 Å². The fourth-order valence-corrected chi connectivity index (χ4v) is 2.78. The molecule has 1 aromatic heterocycles. The average molecular weight is 320 g/mol. The number of carbonyl (C=O) groups excluding carboxylic acids is 1. The molecule has 1 unspecified atom stereocenters. The molecule has 0 saturated heterocycles. The number of hydrogen-bond donors (Lipinski definition) is 2. The van der Waals surface area contributed by atoms with Crippen LogP contribution >= 0.6 is 27.3 Å². The highest BCUT2D eigenvalue weighted by Crippen LogP contribution is 2.20. The van der Waals surface area contributed by atoms with Crippen LogP contribution in [-0.2, 0) is 16.0 Å². The summed E-state index contributed by atoms with van der Waals surface area (Å²) in [6.07, 6.45) is 1.35. The van der Waals surface area contributed by atoms with E-state index in [-0.39, 0.29) is 5.91 Å². The number of aliphatic carboxylic acids is 1. The van der Waals surface area contributed by atoms with Crippen molar-refractivity contribution < 1.29 is 14.7 Å². The van der Waals surface area contributed by atoms with E-state index in [9.17, 15) is 9.59 Å². The Bertz CT molecular complexity index is 405. The molecule has 0 fully saturated rings. The van der Waals surface area contributed by atoms with E-state index in [1.165, 1.54) is 0 Å². The maximum absolute atomic E-state index is 11.5. The van der Waals surface area contributed by atoms with Gasteiger partial charge in [-0.3, -0.25) is 4.79 Å². The predicted molar refractivity (Wildman–Crippen MR) is 70.2 cm³/mol. The van der Waals surface area contributed by atoms with Crippen molar-refractivity contribution in [2.75, 3.05) is 0 Å². The van der Waals surface area contributed by atoms with Crippen LogP contribution in [0.4, 0.5) is 0 Å². The van der Waals surface area contributed by atoms with Crippen molar-refractivity contribution in [2.24, 2.45) is 0 Å². The Kier molecular flexibility index (Phi) is 5.64. The Balaban J connectivity index is 2.37. The van der Waals surface area contributed by atoms with Gasteiger partial charge in [0.2, 0.25) is 5.91 Å². The molecule has 1 aromatic rings. The Morgan fingerprint density at radius 1 is 1.59 bits per heavy atom. The highest BCUT2D eigenvalue weighted by Gasteiger charge is 2.17. The lowest BCUT2D eigenvalue weighted by atomic mass is 10.2. The minimum atomic E-state index is -0.986. The number of thiophene rings is 1. The number of aryl methyl sites for hydroxylation is 1. The number of hydrogen-bond acceptors (Lipinski definition) is 3. The first-order valence-electron chi connectivity index (χ1n) is 5.28. The van der Waals surface area contributed by atoms with Gasteiger partial charge in [-0.1, -0.05) is 6.92 Å². The Morgan fingerprint density at radius 3 is 2.76 bits per heavy atom. The number of nitrogens with one attached hydrogen (secondary N) is 1. The first kappa shape index (κ1) is 14.2. The number of rotatable bonds is 6. The summed E-state index contributed by atoms with van der Waals surface area (Å²) in [4.78, 5) is 23.3. The molecule has 0 aliphatic carbocycles. The molecule has 0 spiro atoms. The maximum atomic E-state index is 11.5. The topological polar surface area (TPSA) is 66.4 Å². The molecule has 2 N–H and O–H groups in total. The van der Waals surface area contributed by atoms with Gasteiger partial charge < -0.3 is 10.4 Å². The van der Waals surface area contributed by atoms with E-state index in [1.54, 1.807) is 18.3 Å². The normalized spacial score (nSPS) is 12.1. The number of carbonyl (C=O) groups is 2. The Morgan fingerprint density at radius 2 is 2.29 bits per heavy atom. The highest BCUT2D eigenvalue weighted by molar-refractivity contribution is 9.10. The number of carboxylic acids is 1. The molecule has 0 aromatic carbocycles. The molecule has 4 nitrogen and oxygen atoms in total. The van der Waals surface area contributed by atoms with E-state index < -0.39 is 12.0 Å². The lowest BCUT2D eigenvalue weighted by molar-refractivity contribution is -0.141. The molecule has 6 heteroatoms. The average Bonchev–Trinajstić information content (AvgIpc) is 2.68. The molecular weight excluding hydrogens is 306 g/mol. The van der Waals surface area contributed by atoms with Gasteiger partial charge in [0.05, 0.1) is 0 Å². The van der Waals surface area contributed by atoms with Gasteiger partial charge >= 0.3 is 5.97 Å². The minimum Gasteiger partial charge on any atom is -0.480 e. The van der Waals surface area contributed by atoms with Crippen molar-refractivity contribution in [1.82, 2.24) is 5.32 Å². The van der Waals surface area contributed by atoms with Crippen LogP contribution in [0.15, 0.2) is 15.9 Å². The van der Waals surface area contributed by atoms with Gasteiger partial charge in [-0.2, -0.15) is 0 Å². The molecule has 0 aliphatic heterocycles. The monoisotopic (exact) mass is 319 g/mol. The standard InChI is InChI=1S/C11H14BrNO3S/c1-2-9(11(15)16)13-10(14)4-3-8-5-7(12)6-17-8/h5-6,9H,2-4H2,1H3,(H,13,14)(H,15,16). The lowest BCUT2D eigenvalue weighted by Gasteiger charge is -2.11. The summed E-state index contributed by atoms with van der Waals surface area (Å²) in [5.41, 5.74) is 0. The van der Waals surface area contributed by atoms with Gasteiger partial charge in [-0.05, 0) is 34.8 Å². The number of amides is 1. The summed E-state index contributed by atoms with van der Waals surface area (Å²) in [6.45, 7) is 1.73. The smallest absolute Gasteiger partial charge is 0.326 e. The molecule has 0 bridgehead atoms. The summed E-state index contributed by atoms with van der Waals surface area (Å²) >= 11 is 4.92. The SMILES string of the molecule is CCC(NC(=O)CCc1cc(Br)cs1)C(=O)O. The van der Waals surface area contributed by atoms with Crippen molar-refractivity contribution in [3.63, 3.8) is 0 Å². The molecule has 1 rings (SSSR count). The van der Waals surface area contributed by atoms with Crippen molar-refractivity contribution in [3.05, 3.63) is 20.8 Å². The summed E-state index contributed by atoms with van der Waals surface area (Å²) in [6, 6.07) is 1.18. The molecular formula is C11H14BrNO3S. The predicted octanol–water partition coefficient (Wildman–Crippen LogP) is 2.42. The molecule has 1 amide bonds. The third kappa shape index (κ3) is 4.87.